The van der Waals surface area contributed by atoms with Crippen molar-refractivity contribution in [3.05, 3.63) is 63.5 Å². The smallest absolute Gasteiger partial charge is 0.411 e. The number of carbonyl (C=O) groups is 1. The average Bonchev–Trinajstić information content (AvgIpc) is 3.45. The van der Waals surface area contributed by atoms with Crippen LogP contribution in [0.5, 0.6) is 5.75 Å². The highest BCUT2D eigenvalue weighted by molar-refractivity contribution is 6.42. The predicted molar refractivity (Wildman–Crippen MR) is 141 cm³/mol. The van der Waals surface area contributed by atoms with Crippen LogP contribution in [-0.2, 0) is 11.2 Å². The number of amides is 1. The second kappa shape index (κ2) is 11.3. The van der Waals surface area contributed by atoms with Crippen LogP contribution in [0.3, 0.4) is 0 Å². The maximum Gasteiger partial charge on any atom is 0.411 e. The number of carbonyl (C=O) groups excluding carboxylic acids is 1. The Morgan fingerprint density at radius 2 is 1.97 bits per heavy atom. The molecule has 3 aromatic rings. The summed E-state index contributed by atoms with van der Waals surface area (Å²) >= 11 is 12.1. The fraction of sp³-hybridized carbons (Fsp3) is 0.444. The third kappa shape index (κ3) is 6.74. The fourth-order valence-corrected chi connectivity index (χ4v) is 4.50. The van der Waals surface area contributed by atoms with Crippen LogP contribution in [0, 0.1) is 6.92 Å². The average molecular weight is 548 g/mol. The molecular formula is C27H31Cl2N3O5. The molecule has 2 heterocycles. The number of halogens is 2. The van der Waals surface area contributed by atoms with Gasteiger partial charge in [-0.2, -0.15) is 4.98 Å². The van der Waals surface area contributed by atoms with E-state index in [0.717, 1.165) is 35.3 Å². The molecule has 198 valence electrons. The van der Waals surface area contributed by atoms with Crippen LogP contribution in [0.25, 0.3) is 11.4 Å². The summed E-state index contributed by atoms with van der Waals surface area (Å²) in [5, 5.41) is 15.7. The molecule has 1 aromatic heterocycles. The van der Waals surface area contributed by atoms with E-state index in [2.05, 4.69) is 10.1 Å². The van der Waals surface area contributed by atoms with Gasteiger partial charge in [-0.15, -0.1) is 0 Å². The van der Waals surface area contributed by atoms with E-state index in [4.69, 9.17) is 37.2 Å². The fourth-order valence-electron chi connectivity index (χ4n) is 4.18. The summed E-state index contributed by atoms with van der Waals surface area (Å²) in [5.74, 6) is 1.31. The summed E-state index contributed by atoms with van der Waals surface area (Å²) in [6, 6.07) is 10.5. The molecule has 1 aliphatic heterocycles. The van der Waals surface area contributed by atoms with Crippen molar-refractivity contribution in [1.82, 2.24) is 15.0 Å². The number of likely N-dealkylation sites (tertiary alicyclic amines) is 1. The largest absolute Gasteiger partial charge is 0.493 e. The molecule has 1 fully saturated rings. The number of aromatic nitrogens is 2. The third-order valence-electron chi connectivity index (χ3n) is 5.97. The van der Waals surface area contributed by atoms with Crippen molar-refractivity contribution in [2.45, 2.75) is 64.7 Å². The topological polar surface area (TPSA) is 97.9 Å². The minimum absolute atomic E-state index is 0.172. The maximum atomic E-state index is 12.6. The molecule has 0 aliphatic carbocycles. The van der Waals surface area contributed by atoms with Crippen LogP contribution >= 0.6 is 23.2 Å². The third-order valence-corrected chi connectivity index (χ3v) is 6.71. The van der Waals surface area contributed by atoms with Crippen LogP contribution in [0.1, 0.15) is 56.7 Å². The lowest BCUT2D eigenvalue weighted by Crippen LogP contribution is -2.38. The second-order valence-corrected chi connectivity index (χ2v) is 10.9. The number of benzene rings is 2. The number of aliphatic hydroxyl groups excluding tert-OH is 1. The number of rotatable bonds is 7. The van der Waals surface area contributed by atoms with E-state index in [9.17, 15) is 9.90 Å². The summed E-state index contributed by atoms with van der Waals surface area (Å²) in [6.07, 6.45) is 0.711. The molecule has 0 spiro atoms. The van der Waals surface area contributed by atoms with Gasteiger partial charge in [0.05, 0.1) is 22.8 Å². The number of aliphatic hydroxyl groups is 1. The summed E-state index contributed by atoms with van der Waals surface area (Å²) in [7, 11) is 0. The Morgan fingerprint density at radius 3 is 2.68 bits per heavy atom. The summed E-state index contributed by atoms with van der Waals surface area (Å²) in [5.41, 5.74) is 2.12. The molecule has 0 unspecified atom stereocenters. The van der Waals surface area contributed by atoms with E-state index in [1.165, 1.54) is 4.90 Å². The van der Waals surface area contributed by atoms with E-state index in [-0.39, 0.29) is 5.89 Å². The Kier molecular flexibility index (Phi) is 8.31. The Morgan fingerprint density at radius 1 is 1.19 bits per heavy atom. The maximum absolute atomic E-state index is 12.6. The van der Waals surface area contributed by atoms with Gasteiger partial charge in [-0.1, -0.05) is 34.4 Å². The number of hydrogen-bond donors (Lipinski definition) is 1. The lowest BCUT2D eigenvalue weighted by molar-refractivity contribution is 0.0107. The number of hydrogen-bond acceptors (Lipinski definition) is 7. The van der Waals surface area contributed by atoms with Gasteiger partial charge < -0.3 is 19.1 Å². The van der Waals surface area contributed by atoms with Crippen molar-refractivity contribution in [3.8, 4) is 17.1 Å². The van der Waals surface area contributed by atoms with E-state index < -0.39 is 23.8 Å². The normalized spacial score (nSPS) is 17.8. The molecule has 0 bridgehead atoms. The number of nitrogens with zero attached hydrogens (tertiary/aromatic N) is 3. The van der Waals surface area contributed by atoms with Crippen molar-refractivity contribution >= 4 is 29.3 Å². The zero-order valence-corrected chi connectivity index (χ0v) is 22.8. The summed E-state index contributed by atoms with van der Waals surface area (Å²) < 4.78 is 16.9. The lowest BCUT2D eigenvalue weighted by atomic mass is 10.1. The van der Waals surface area contributed by atoms with Gasteiger partial charge in [-0.05, 0) is 88.4 Å². The summed E-state index contributed by atoms with van der Waals surface area (Å²) in [6.45, 7) is 8.22. The van der Waals surface area contributed by atoms with Crippen LogP contribution in [0.4, 0.5) is 4.79 Å². The van der Waals surface area contributed by atoms with Crippen LogP contribution in [-0.4, -0.2) is 51.1 Å². The van der Waals surface area contributed by atoms with Crippen molar-refractivity contribution in [1.29, 1.82) is 0 Å². The first kappa shape index (κ1) is 27.2. The molecule has 10 heteroatoms. The molecule has 8 nitrogen and oxygen atoms in total. The Labute approximate surface area is 226 Å². The molecule has 1 amide bonds. The van der Waals surface area contributed by atoms with E-state index in [0.29, 0.717) is 35.4 Å². The van der Waals surface area contributed by atoms with Crippen LogP contribution in [0.15, 0.2) is 40.9 Å². The molecule has 1 saturated heterocycles. The molecule has 2 aromatic carbocycles. The molecule has 37 heavy (non-hydrogen) atoms. The van der Waals surface area contributed by atoms with Gasteiger partial charge in [0.1, 0.15) is 17.4 Å². The van der Waals surface area contributed by atoms with Gasteiger partial charge in [-0.3, -0.25) is 4.90 Å². The number of ether oxygens (including phenoxy) is 2. The van der Waals surface area contributed by atoms with Gasteiger partial charge >= 0.3 is 6.09 Å². The summed E-state index contributed by atoms with van der Waals surface area (Å²) in [4.78, 5) is 18.6. The van der Waals surface area contributed by atoms with Crippen molar-refractivity contribution in [3.63, 3.8) is 0 Å². The Hall–Kier alpha value is -2.81. The van der Waals surface area contributed by atoms with Gasteiger partial charge in [0.2, 0.25) is 5.82 Å². The quantitative estimate of drug-likeness (QED) is 0.341. The lowest BCUT2D eigenvalue weighted by Gasteiger charge is -2.27. The standard InChI is InChI=1S/C27H31Cl2N3O5/c1-16-14-18(8-10-22(16)35-13-5-6-17-7-9-19(28)20(29)15-17)24-30-25(37-31-24)23-21(33)11-12-32(23)26(34)36-27(2,3)4/h7-10,14-15,21,23,33H,5-6,11-13H2,1-4H3/t21-,23-/m0/s1. The highest BCUT2D eigenvalue weighted by Gasteiger charge is 2.42. The molecule has 0 saturated carbocycles. The highest BCUT2D eigenvalue weighted by Crippen LogP contribution is 2.34. The van der Waals surface area contributed by atoms with Crippen molar-refractivity contribution in [2.75, 3.05) is 13.2 Å². The minimum Gasteiger partial charge on any atom is -0.493 e. The van der Waals surface area contributed by atoms with Crippen LogP contribution < -0.4 is 4.74 Å². The van der Waals surface area contributed by atoms with Crippen LogP contribution in [0.2, 0.25) is 10.0 Å². The van der Waals surface area contributed by atoms with E-state index >= 15 is 0 Å². The van der Waals surface area contributed by atoms with Crippen molar-refractivity contribution < 1.29 is 23.9 Å². The van der Waals surface area contributed by atoms with Gasteiger partial charge in [-0.25, -0.2) is 4.79 Å². The minimum atomic E-state index is -0.817. The molecule has 4 rings (SSSR count). The first-order chi connectivity index (χ1) is 17.5. The monoisotopic (exact) mass is 547 g/mol. The SMILES string of the molecule is Cc1cc(-c2noc([C@@H]3[C@@H](O)CCN3C(=O)OC(C)(C)C)n2)ccc1OCCCc1ccc(Cl)c(Cl)c1. The molecular weight excluding hydrogens is 517 g/mol. The van der Waals surface area contributed by atoms with E-state index in [1.54, 1.807) is 26.8 Å². The first-order valence-electron chi connectivity index (χ1n) is 12.2. The second-order valence-electron chi connectivity index (χ2n) is 10.1. The molecule has 0 radical (unpaired) electrons. The zero-order valence-electron chi connectivity index (χ0n) is 21.3. The van der Waals surface area contributed by atoms with Gasteiger partial charge in [0, 0.05) is 12.1 Å². The van der Waals surface area contributed by atoms with Crippen molar-refractivity contribution in [2.24, 2.45) is 0 Å². The van der Waals surface area contributed by atoms with Gasteiger partial charge in [0.25, 0.3) is 5.89 Å². The highest BCUT2D eigenvalue weighted by atomic mass is 35.5. The van der Waals surface area contributed by atoms with Gasteiger partial charge in [0.15, 0.2) is 0 Å². The Balaban J connectivity index is 1.38. The Bertz CT molecular complexity index is 1260. The molecule has 1 aliphatic rings. The molecule has 2 atom stereocenters. The first-order valence-corrected chi connectivity index (χ1v) is 13.0. The zero-order chi connectivity index (χ0) is 26.7. The molecule has 1 N–H and O–H groups in total. The predicted octanol–water partition coefficient (Wildman–Crippen LogP) is 6.41. The van der Waals surface area contributed by atoms with E-state index in [1.807, 2.05) is 37.3 Å². The number of aryl methyl sites for hydroxylation is 2.